The number of carboxylic acid groups (broad SMARTS) is 1. The first-order chi connectivity index (χ1) is 17.3. The van der Waals surface area contributed by atoms with Crippen molar-refractivity contribution in [1.29, 1.82) is 0 Å². The first kappa shape index (κ1) is 25.7. The fraction of sp³-hybridized carbons (Fsp3) is 0.250. The number of carbonyl (C=O) groups excluding carboxylic acids is 2. The Morgan fingerprint density at radius 3 is 2.11 bits per heavy atom. The van der Waals surface area contributed by atoms with Crippen molar-refractivity contribution in [2.45, 2.75) is 37.6 Å². The smallest absolute Gasteiger partial charge is 0.330 e. The zero-order valence-electron chi connectivity index (χ0n) is 19.4. The van der Waals surface area contributed by atoms with Gasteiger partial charge in [0, 0.05) is 17.2 Å². The van der Waals surface area contributed by atoms with Gasteiger partial charge in [-0.05, 0) is 73.1 Å². The van der Waals surface area contributed by atoms with Gasteiger partial charge in [0.25, 0.3) is 5.91 Å². The monoisotopic (exact) mass is 524 g/mol. The van der Waals surface area contributed by atoms with E-state index < -0.39 is 12.0 Å². The van der Waals surface area contributed by atoms with E-state index in [2.05, 4.69) is 10.6 Å². The van der Waals surface area contributed by atoms with Crippen LogP contribution in [0.15, 0.2) is 72.8 Å². The van der Waals surface area contributed by atoms with Crippen LogP contribution < -0.4 is 10.6 Å². The molecular weight excluding hydrogens is 499 g/mol. The summed E-state index contributed by atoms with van der Waals surface area (Å²) in [6.45, 7) is 0. The molecule has 1 saturated carbocycles. The predicted octanol–water partition coefficient (Wildman–Crippen LogP) is 6.46. The molecule has 0 bridgehead atoms. The lowest BCUT2D eigenvalue weighted by Gasteiger charge is -2.29. The molecule has 186 valence electrons. The van der Waals surface area contributed by atoms with Gasteiger partial charge in [-0.25, -0.2) is 4.79 Å². The van der Waals surface area contributed by atoms with Crippen molar-refractivity contribution in [1.82, 2.24) is 5.32 Å². The van der Waals surface area contributed by atoms with Gasteiger partial charge in [-0.15, -0.1) is 0 Å². The van der Waals surface area contributed by atoms with Crippen molar-refractivity contribution < 1.29 is 19.5 Å². The Morgan fingerprint density at radius 2 is 1.50 bits per heavy atom. The fourth-order valence-corrected chi connectivity index (χ4v) is 4.86. The molecule has 0 radical (unpaired) electrons. The maximum absolute atomic E-state index is 12.8. The lowest BCUT2D eigenvalue weighted by atomic mass is 9.78. The van der Waals surface area contributed by atoms with Gasteiger partial charge in [-0.1, -0.05) is 65.7 Å². The summed E-state index contributed by atoms with van der Waals surface area (Å²) in [4.78, 5) is 37.0. The standard InChI is InChI=1S/C28H26Cl2N2O4/c29-23-15-12-21(16-24(23)30)27(34)31-22-13-10-18(11-14-22)17-6-8-20(9-7-17)26(33)32-25(28(35)36)19-4-2-1-3-5-19/h1-5,10-17,20,25H,6-9H2,(H,31,34)(H,32,33)(H,35,36)/t17?,20?,25-/m0/s1. The fourth-order valence-electron chi connectivity index (χ4n) is 4.56. The van der Waals surface area contributed by atoms with Crippen molar-refractivity contribution in [2.75, 3.05) is 5.32 Å². The van der Waals surface area contributed by atoms with Crippen LogP contribution >= 0.6 is 23.2 Å². The highest BCUT2D eigenvalue weighted by Crippen LogP contribution is 2.36. The average molecular weight is 525 g/mol. The van der Waals surface area contributed by atoms with Crippen molar-refractivity contribution in [2.24, 2.45) is 5.92 Å². The maximum Gasteiger partial charge on any atom is 0.330 e. The zero-order chi connectivity index (χ0) is 25.7. The van der Waals surface area contributed by atoms with Crippen LogP contribution in [0, 0.1) is 5.92 Å². The van der Waals surface area contributed by atoms with Crippen LogP contribution in [0.1, 0.15) is 59.1 Å². The number of anilines is 1. The van der Waals surface area contributed by atoms with Crippen LogP contribution in [0.2, 0.25) is 10.0 Å². The van der Waals surface area contributed by atoms with Gasteiger partial charge in [0.2, 0.25) is 5.91 Å². The molecular formula is C28H26Cl2N2O4. The normalized spacial score (nSPS) is 18.2. The SMILES string of the molecule is O=C(Nc1ccc(C2CCC(C(=O)N[C@H](C(=O)O)c3ccccc3)CC2)cc1)c1ccc(Cl)c(Cl)c1. The number of carbonyl (C=O) groups is 3. The van der Waals surface area contributed by atoms with Crippen molar-refractivity contribution in [3.8, 4) is 0 Å². The van der Waals surface area contributed by atoms with Crippen LogP contribution in [-0.2, 0) is 9.59 Å². The van der Waals surface area contributed by atoms with Crippen LogP contribution in [0.4, 0.5) is 5.69 Å². The van der Waals surface area contributed by atoms with Crippen molar-refractivity contribution in [3.05, 3.63) is 99.5 Å². The van der Waals surface area contributed by atoms with E-state index in [1.165, 1.54) is 6.07 Å². The molecule has 1 aliphatic rings. The molecule has 0 unspecified atom stereocenters. The van der Waals surface area contributed by atoms with E-state index in [1.54, 1.807) is 36.4 Å². The number of aliphatic carboxylic acids is 1. The van der Waals surface area contributed by atoms with E-state index >= 15 is 0 Å². The number of rotatable bonds is 7. The minimum absolute atomic E-state index is 0.212. The Hall–Kier alpha value is -3.35. The van der Waals surface area contributed by atoms with Crippen LogP contribution in [-0.4, -0.2) is 22.9 Å². The lowest BCUT2D eigenvalue weighted by molar-refractivity contribution is -0.142. The second kappa shape index (κ2) is 11.6. The van der Waals surface area contributed by atoms with Crippen LogP contribution in [0.5, 0.6) is 0 Å². The number of carboxylic acids is 1. The average Bonchev–Trinajstić information content (AvgIpc) is 2.89. The molecule has 3 N–H and O–H groups in total. The van der Waals surface area contributed by atoms with E-state index in [0.29, 0.717) is 45.6 Å². The summed E-state index contributed by atoms with van der Waals surface area (Å²) in [5.74, 6) is -1.47. The summed E-state index contributed by atoms with van der Waals surface area (Å²) < 4.78 is 0. The zero-order valence-corrected chi connectivity index (χ0v) is 20.9. The van der Waals surface area contributed by atoms with Gasteiger partial charge >= 0.3 is 5.97 Å². The topological polar surface area (TPSA) is 95.5 Å². The van der Waals surface area contributed by atoms with E-state index in [4.69, 9.17) is 23.2 Å². The second-order valence-electron chi connectivity index (χ2n) is 8.94. The summed E-state index contributed by atoms with van der Waals surface area (Å²) in [5, 5.41) is 15.9. The minimum Gasteiger partial charge on any atom is -0.479 e. The summed E-state index contributed by atoms with van der Waals surface area (Å²) in [6.07, 6.45) is 3.03. The quantitative estimate of drug-likeness (QED) is 0.330. The molecule has 2 amide bonds. The molecule has 0 heterocycles. The van der Waals surface area contributed by atoms with Gasteiger partial charge in [-0.3, -0.25) is 9.59 Å². The van der Waals surface area contributed by atoms with E-state index in [9.17, 15) is 19.5 Å². The number of halogens is 2. The Kier molecular flexibility index (Phi) is 8.28. The summed E-state index contributed by atoms with van der Waals surface area (Å²) in [5.41, 5.74) is 2.79. The highest BCUT2D eigenvalue weighted by atomic mass is 35.5. The van der Waals surface area contributed by atoms with E-state index in [1.807, 2.05) is 30.3 Å². The number of nitrogens with one attached hydrogen (secondary N) is 2. The third-order valence-electron chi connectivity index (χ3n) is 6.59. The molecule has 8 heteroatoms. The number of benzene rings is 3. The molecule has 1 atom stereocenters. The molecule has 1 aliphatic carbocycles. The highest BCUT2D eigenvalue weighted by molar-refractivity contribution is 6.42. The van der Waals surface area contributed by atoms with E-state index in [-0.39, 0.29) is 17.7 Å². The molecule has 4 rings (SSSR count). The molecule has 36 heavy (non-hydrogen) atoms. The summed E-state index contributed by atoms with van der Waals surface area (Å²) in [7, 11) is 0. The van der Waals surface area contributed by atoms with Gasteiger partial charge in [0.05, 0.1) is 10.0 Å². The van der Waals surface area contributed by atoms with Gasteiger partial charge in [0.1, 0.15) is 0 Å². The molecule has 0 spiro atoms. The van der Waals surface area contributed by atoms with Crippen molar-refractivity contribution in [3.63, 3.8) is 0 Å². The molecule has 3 aromatic carbocycles. The number of hydrogen-bond donors (Lipinski definition) is 3. The minimum atomic E-state index is -1.07. The van der Waals surface area contributed by atoms with Crippen molar-refractivity contribution >= 4 is 46.7 Å². The largest absolute Gasteiger partial charge is 0.479 e. The third kappa shape index (κ3) is 6.25. The second-order valence-corrected chi connectivity index (χ2v) is 9.76. The highest BCUT2D eigenvalue weighted by Gasteiger charge is 2.30. The molecule has 6 nitrogen and oxygen atoms in total. The lowest BCUT2D eigenvalue weighted by Crippen LogP contribution is -2.38. The Balaban J connectivity index is 1.31. The maximum atomic E-state index is 12.8. The molecule has 0 aromatic heterocycles. The molecule has 1 fully saturated rings. The van der Waals surface area contributed by atoms with Gasteiger partial charge in [-0.2, -0.15) is 0 Å². The molecule has 0 saturated heterocycles. The first-order valence-corrected chi connectivity index (χ1v) is 12.5. The first-order valence-electron chi connectivity index (χ1n) is 11.8. The van der Waals surface area contributed by atoms with Gasteiger partial charge < -0.3 is 15.7 Å². The Morgan fingerprint density at radius 1 is 0.833 bits per heavy atom. The Labute approximate surface area is 219 Å². The van der Waals surface area contributed by atoms with Crippen LogP contribution in [0.3, 0.4) is 0 Å². The van der Waals surface area contributed by atoms with Crippen LogP contribution in [0.25, 0.3) is 0 Å². The van der Waals surface area contributed by atoms with E-state index in [0.717, 1.165) is 18.4 Å². The van der Waals surface area contributed by atoms with Gasteiger partial charge in [0.15, 0.2) is 6.04 Å². The predicted molar refractivity (Wildman–Crippen MR) is 141 cm³/mol. The number of hydrogen-bond acceptors (Lipinski definition) is 3. The Bertz CT molecular complexity index is 1240. The third-order valence-corrected chi connectivity index (χ3v) is 7.33. The summed E-state index contributed by atoms with van der Waals surface area (Å²) in [6, 6.07) is 20.1. The molecule has 0 aliphatic heterocycles. The number of amides is 2. The molecule has 3 aromatic rings. The summed E-state index contributed by atoms with van der Waals surface area (Å²) >= 11 is 11.9.